The first-order valence-electron chi connectivity index (χ1n) is 7.19. The van der Waals surface area contributed by atoms with Crippen LogP contribution in [-0.4, -0.2) is 35.8 Å². The molecule has 0 aliphatic carbocycles. The lowest BCUT2D eigenvalue weighted by molar-refractivity contribution is -0.118. The molecule has 104 valence electrons. The minimum atomic E-state index is 0.0107. The van der Waals surface area contributed by atoms with Crippen molar-refractivity contribution in [2.24, 2.45) is 0 Å². The summed E-state index contributed by atoms with van der Waals surface area (Å²) in [7, 11) is 0. The average Bonchev–Trinajstić information content (AvgIpc) is 2.54. The number of nitrogens with zero attached hydrogens (tertiary/aromatic N) is 1. The van der Waals surface area contributed by atoms with E-state index in [1.165, 1.54) is 0 Å². The highest BCUT2D eigenvalue weighted by atomic mass is 16.2. The number of likely N-dealkylation sites (tertiary alicyclic amines) is 1. The van der Waals surface area contributed by atoms with Crippen LogP contribution in [0.3, 0.4) is 0 Å². The molecule has 1 aliphatic rings. The summed E-state index contributed by atoms with van der Waals surface area (Å²) in [4.78, 5) is 25.3. The number of ketones is 1. The van der Waals surface area contributed by atoms with E-state index < -0.39 is 0 Å². The van der Waals surface area contributed by atoms with E-state index in [1.807, 2.05) is 4.90 Å². The molecule has 0 bridgehead atoms. The van der Waals surface area contributed by atoms with Crippen LogP contribution >= 0.6 is 0 Å². The van der Waals surface area contributed by atoms with E-state index in [-0.39, 0.29) is 17.9 Å². The van der Waals surface area contributed by atoms with E-state index in [1.54, 1.807) is 6.92 Å². The first kappa shape index (κ1) is 15.0. The highest BCUT2D eigenvalue weighted by Gasteiger charge is 2.25. The maximum absolute atomic E-state index is 12.1. The summed E-state index contributed by atoms with van der Waals surface area (Å²) in [6, 6.07) is 0.114. The van der Waals surface area contributed by atoms with Gasteiger partial charge in [0.05, 0.1) is 0 Å². The van der Waals surface area contributed by atoms with Crippen molar-refractivity contribution in [1.82, 2.24) is 10.2 Å². The molecular formula is C14H26N2O2. The number of hydrogen-bond donors (Lipinski definition) is 1. The Morgan fingerprint density at radius 2 is 2.06 bits per heavy atom. The lowest BCUT2D eigenvalue weighted by Gasteiger charge is -2.29. The highest BCUT2D eigenvalue weighted by molar-refractivity contribution is 5.78. The fourth-order valence-corrected chi connectivity index (χ4v) is 2.46. The summed E-state index contributed by atoms with van der Waals surface area (Å²) < 4.78 is 0. The Morgan fingerprint density at radius 3 is 2.72 bits per heavy atom. The van der Waals surface area contributed by atoms with Crippen LogP contribution in [0.4, 0.5) is 4.79 Å². The summed E-state index contributed by atoms with van der Waals surface area (Å²) in [5.74, 6) is 0.174. The monoisotopic (exact) mass is 254 g/mol. The Balaban J connectivity index is 2.54. The Hall–Kier alpha value is -1.06. The summed E-state index contributed by atoms with van der Waals surface area (Å²) in [5, 5.41) is 2.96. The molecule has 2 amide bonds. The van der Waals surface area contributed by atoms with Gasteiger partial charge < -0.3 is 10.2 Å². The zero-order valence-corrected chi connectivity index (χ0v) is 11.7. The minimum Gasteiger partial charge on any atom is -0.338 e. The van der Waals surface area contributed by atoms with Gasteiger partial charge in [-0.15, -0.1) is 0 Å². The molecule has 0 aromatic rings. The second kappa shape index (κ2) is 8.11. The number of nitrogens with one attached hydrogen (secondary N) is 1. The molecule has 1 heterocycles. The van der Waals surface area contributed by atoms with E-state index in [4.69, 9.17) is 0 Å². The molecule has 1 N–H and O–H groups in total. The highest BCUT2D eigenvalue weighted by Crippen LogP contribution is 2.19. The number of amides is 2. The molecule has 1 saturated heterocycles. The Labute approximate surface area is 110 Å². The van der Waals surface area contributed by atoms with E-state index in [0.29, 0.717) is 6.42 Å². The van der Waals surface area contributed by atoms with Crippen LogP contribution in [0.2, 0.25) is 0 Å². The number of unbranched alkanes of at least 4 members (excludes halogenated alkanes) is 1. The minimum absolute atomic E-state index is 0.0107. The van der Waals surface area contributed by atoms with Gasteiger partial charge in [-0.1, -0.05) is 26.2 Å². The summed E-state index contributed by atoms with van der Waals surface area (Å²) in [6.07, 6.45) is 6.88. The molecule has 1 atom stereocenters. The number of urea groups is 1. The fraction of sp³-hybridized carbons (Fsp3) is 0.857. The normalized spacial score (nSPS) is 20.3. The lowest BCUT2D eigenvalue weighted by atomic mass is 10.0. The first-order valence-corrected chi connectivity index (χ1v) is 7.19. The molecule has 0 spiro atoms. The van der Waals surface area contributed by atoms with Gasteiger partial charge in [0.25, 0.3) is 0 Å². The van der Waals surface area contributed by atoms with E-state index >= 15 is 0 Å². The van der Waals surface area contributed by atoms with Crippen LogP contribution in [0.1, 0.15) is 58.8 Å². The number of rotatable bonds is 5. The fourth-order valence-electron chi connectivity index (χ4n) is 2.46. The number of carbonyl (C=O) groups is 2. The van der Waals surface area contributed by atoms with Gasteiger partial charge in [-0.05, 0) is 26.2 Å². The molecule has 1 aliphatic heterocycles. The predicted octanol–water partition coefficient (Wildman–Crippen LogP) is 2.72. The van der Waals surface area contributed by atoms with Gasteiger partial charge in [0, 0.05) is 25.6 Å². The van der Waals surface area contributed by atoms with Gasteiger partial charge in [-0.2, -0.15) is 0 Å². The molecule has 18 heavy (non-hydrogen) atoms. The van der Waals surface area contributed by atoms with Crippen LogP contribution in [0.15, 0.2) is 0 Å². The van der Waals surface area contributed by atoms with Gasteiger partial charge in [-0.25, -0.2) is 4.79 Å². The third kappa shape index (κ3) is 5.07. The Bertz CT molecular complexity index is 279. The standard InChI is InChI=1S/C14H26N2O2/c1-3-4-9-15-14(18)16-10-7-5-6-8-13(16)11-12(2)17/h13H,3-11H2,1-2H3,(H,15,18). The predicted molar refractivity (Wildman–Crippen MR) is 72.6 cm³/mol. The number of hydrogen-bond acceptors (Lipinski definition) is 2. The summed E-state index contributed by atoms with van der Waals surface area (Å²) >= 11 is 0. The molecule has 1 rings (SSSR count). The van der Waals surface area contributed by atoms with Gasteiger partial charge in [0.2, 0.25) is 0 Å². The lowest BCUT2D eigenvalue weighted by Crippen LogP contribution is -2.46. The largest absolute Gasteiger partial charge is 0.338 e. The molecule has 0 aromatic carbocycles. The van der Waals surface area contributed by atoms with Crippen molar-refractivity contribution in [3.63, 3.8) is 0 Å². The SMILES string of the molecule is CCCCNC(=O)N1CCCCCC1CC(C)=O. The molecule has 1 fully saturated rings. The van der Waals surface area contributed by atoms with Crippen LogP contribution in [0.25, 0.3) is 0 Å². The van der Waals surface area contributed by atoms with Crippen molar-refractivity contribution >= 4 is 11.8 Å². The van der Waals surface area contributed by atoms with Gasteiger partial charge in [-0.3, -0.25) is 4.79 Å². The van der Waals surface area contributed by atoms with Crippen LogP contribution in [-0.2, 0) is 4.79 Å². The maximum atomic E-state index is 12.1. The van der Waals surface area contributed by atoms with Crippen molar-refractivity contribution in [3.05, 3.63) is 0 Å². The van der Waals surface area contributed by atoms with E-state index in [2.05, 4.69) is 12.2 Å². The van der Waals surface area contributed by atoms with Crippen LogP contribution in [0, 0.1) is 0 Å². The Morgan fingerprint density at radius 1 is 1.28 bits per heavy atom. The second-order valence-electron chi connectivity index (χ2n) is 5.19. The molecule has 4 heteroatoms. The molecule has 4 nitrogen and oxygen atoms in total. The van der Waals surface area contributed by atoms with Crippen molar-refractivity contribution in [2.45, 2.75) is 64.8 Å². The number of Topliss-reactive ketones (excluding diaryl/α,β-unsaturated/α-hetero) is 1. The quantitative estimate of drug-likeness (QED) is 0.767. The first-order chi connectivity index (χ1) is 8.65. The van der Waals surface area contributed by atoms with Crippen molar-refractivity contribution < 1.29 is 9.59 Å². The van der Waals surface area contributed by atoms with Gasteiger partial charge >= 0.3 is 6.03 Å². The van der Waals surface area contributed by atoms with Crippen LogP contribution < -0.4 is 5.32 Å². The maximum Gasteiger partial charge on any atom is 0.317 e. The molecular weight excluding hydrogens is 228 g/mol. The third-order valence-corrected chi connectivity index (χ3v) is 3.47. The summed E-state index contributed by atoms with van der Waals surface area (Å²) in [5.41, 5.74) is 0. The van der Waals surface area contributed by atoms with Crippen LogP contribution in [0.5, 0.6) is 0 Å². The number of carbonyl (C=O) groups excluding carboxylic acids is 2. The molecule has 0 aromatic heterocycles. The van der Waals surface area contributed by atoms with Gasteiger partial charge in [0.1, 0.15) is 5.78 Å². The van der Waals surface area contributed by atoms with Crippen molar-refractivity contribution in [2.75, 3.05) is 13.1 Å². The zero-order valence-electron chi connectivity index (χ0n) is 11.7. The Kier molecular flexibility index (Phi) is 6.76. The third-order valence-electron chi connectivity index (χ3n) is 3.47. The second-order valence-corrected chi connectivity index (χ2v) is 5.19. The van der Waals surface area contributed by atoms with Gasteiger partial charge in [0.15, 0.2) is 0 Å². The topological polar surface area (TPSA) is 49.4 Å². The van der Waals surface area contributed by atoms with Crippen molar-refractivity contribution in [1.29, 1.82) is 0 Å². The average molecular weight is 254 g/mol. The summed E-state index contributed by atoms with van der Waals surface area (Å²) in [6.45, 7) is 5.24. The zero-order chi connectivity index (χ0) is 13.4. The van der Waals surface area contributed by atoms with Crippen molar-refractivity contribution in [3.8, 4) is 0 Å². The van der Waals surface area contributed by atoms with E-state index in [9.17, 15) is 9.59 Å². The van der Waals surface area contributed by atoms with E-state index in [0.717, 1.165) is 51.6 Å². The molecule has 0 saturated carbocycles. The molecule has 1 unspecified atom stereocenters. The molecule has 0 radical (unpaired) electrons. The smallest absolute Gasteiger partial charge is 0.317 e.